The Bertz CT molecular complexity index is 441. The maximum atomic E-state index is 11.7. The lowest BCUT2D eigenvalue weighted by Gasteiger charge is -2.30. The van der Waals surface area contributed by atoms with Crippen molar-refractivity contribution in [2.75, 3.05) is 19.6 Å². The third-order valence-electron chi connectivity index (χ3n) is 2.94. The average Bonchev–Trinajstić information content (AvgIpc) is 2.27. The summed E-state index contributed by atoms with van der Waals surface area (Å²) >= 11 is 5.74. The van der Waals surface area contributed by atoms with Crippen LogP contribution in [0.25, 0.3) is 0 Å². The molecule has 1 fully saturated rings. The summed E-state index contributed by atoms with van der Waals surface area (Å²) in [5, 5.41) is 3.32. The molecule has 1 heterocycles. The Hall–Kier alpha value is -1.55. The number of carbonyl (C=O) groups excluding carboxylic acids is 2. The zero-order chi connectivity index (χ0) is 13.0. The number of hydrogen-bond acceptors (Lipinski definition) is 2. The van der Waals surface area contributed by atoms with Crippen LogP contribution in [0.4, 0.5) is 0 Å². The molecule has 0 bridgehead atoms. The van der Waals surface area contributed by atoms with E-state index in [-0.39, 0.29) is 11.8 Å². The lowest BCUT2D eigenvalue weighted by atomic mass is 10.2. The molecule has 1 saturated heterocycles. The quantitative estimate of drug-likeness (QED) is 0.902. The molecular formula is C13H15ClN2O2. The molecule has 5 heteroatoms. The summed E-state index contributed by atoms with van der Waals surface area (Å²) in [4.78, 5) is 25.1. The van der Waals surface area contributed by atoms with E-state index in [1.54, 1.807) is 29.2 Å². The fourth-order valence-electron chi connectivity index (χ4n) is 1.71. The molecule has 0 saturated carbocycles. The van der Waals surface area contributed by atoms with Gasteiger partial charge in [-0.25, -0.2) is 0 Å². The summed E-state index contributed by atoms with van der Waals surface area (Å²) in [5.74, 6) is -0.0688. The molecular weight excluding hydrogens is 252 g/mol. The van der Waals surface area contributed by atoms with Crippen molar-refractivity contribution < 1.29 is 9.59 Å². The maximum absolute atomic E-state index is 11.7. The summed E-state index contributed by atoms with van der Waals surface area (Å²) in [6, 6.07) is 6.66. The van der Waals surface area contributed by atoms with Crippen molar-refractivity contribution in [2.24, 2.45) is 0 Å². The number of amides is 2. The molecule has 2 rings (SSSR count). The van der Waals surface area contributed by atoms with Crippen molar-refractivity contribution in [3.63, 3.8) is 0 Å². The Kier molecular flexibility index (Phi) is 4.20. The van der Waals surface area contributed by atoms with Gasteiger partial charge in [-0.05, 0) is 30.7 Å². The first kappa shape index (κ1) is 12.9. The van der Waals surface area contributed by atoms with Crippen molar-refractivity contribution in [1.82, 2.24) is 10.2 Å². The molecule has 1 N–H and O–H groups in total. The van der Waals surface area contributed by atoms with Gasteiger partial charge in [-0.15, -0.1) is 0 Å². The summed E-state index contributed by atoms with van der Waals surface area (Å²) in [7, 11) is 0. The third-order valence-corrected chi connectivity index (χ3v) is 3.19. The highest BCUT2D eigenvalue weighted by Gasteiger charge is 2.19. The van der Waals surface area contributed by atoms with Crippen LogP contribution in [-0.2, 0) is 4.79 Å². The standard InChI is InChI=1S/C13H15ClN2O2/c14-11-4-2-10(3-5-11)13(18)15-7-6-12(17)16-8-1-9-16/h2-5H,1,6-9H2,(H,15,18). The minimum atomic E-state index is -0.178. The van der Waals surface area contributed by atoms with Gasteiger partial charge in [-0.1, -0.05) is 11.6 Å². The van der Waals surface area contributed by atoms with Crippen molar-refractivity contribution >= 4 is 23.4 Å². The Morgan fingerprint density at radius 1 is 1.22 bits per heavy atom. The minimum Gasteiger partial charge on any atom is -0.352 e. The van der Waals surface area contributed by atoms with Gasteiger partial charge in [-0.3, -0.25) is 9.59 Å². The molecule has 1 aromatic rings. The van der Waals surface area contributed by atoms with E-state index in [1.165, 1.54) is 0 Å². The molecule has 1 aliphatic heterocycles. The second kappa shape index (κ2) is 5.87. The van der Waals surface area contributed by atoms with Crippen molar-refractivity contribution in [3.8, 4) is 0 Å². The van der Waals surface area contributed by atoms with Gasteiger partial charge in [0.25, 0.3) is 5.91 Å². The van der Waals surface area contributed by atoms with E-state index in [1.807, 2.05) is 0 Å². The molecule has 18 heavy (non-hydrogen) atoms. The van der Waals surface area contributed by atoms with Crippen LogP contribution in [0.1, 0.15) is 23.2 Å². The summed E-state index contributed by atoms with van der Waals surface area (Å²) < 4.78 is 0. The maximum Gasteiger partial charge on any atom is 0.251 e. The first-order chi connectivity index (χ1) is 8.66. The van der Waals surface area contributed by atoms with Crippen LogP contribution >= 0.6 is 11.6 Å². The highest BCUT2D eigenvalue weighted by Crippen LogP contribution is 2.09. The fourth-order valence-corrected chi connectivity index (χ4v) is 1.84. The van der Waals surface area contributed by atoms with Crippen LogP contribution in [0.5, 0.6) is 0 Å². The van der Waals surface area contributed by atoms with Gasteiger partial charge in [0.1, 0.15) is 0 Å². The van der Waals surface area contributed by atoms with E-state index in [9.17, 15) is 9.59 Å². The van der Waals surface area contributed by atoms with Crippen LogP contribution < -0.4 is 5.32 Å². The zero-order valence-electron chi connectivity index (χ0n) is 9.99. The molecule has 1 aromatic carbocycles. The molecule has 0 aliphatic carbocycles. The lowest BCUT2D eigenvalue weighted by Crippen LogP contribution is -2.43. The van der Waals surface area contributed by atoms with Crippen molar-refractivity contribution in [1.29, 1.82) is 0 Å². The van der Waals surface area contributed by atoms with Gasteiger partial charge in [0, 0.05) is 36.6 Å². The predicted octanol–water partition coefficient (Wildman–Crippen LogP) is 1.69. The second-order valence-corrected chi connectivity index (χ2v) is 4.68. The first-order valence-electron chi connectivity index (χ1n) is 5.98. The van der Waals surface area contributed by atoms with Crippen LogP contribution in [0.2, 0.25) is 5.02 Å². The van der Waals surface area contributed by atoms with E-state index in [0.717, 1.165) is 19.5 Å². The Labute approximate surface area is 111 Å². The molecule has 1 aliphatic rings. The van der Waals surface area contributed by atoms with E-state index >= 15 is 0 Å². The Balaban J connectivity index is 1.74. The largest absolute Gasteiger partial charge is 0.352 e. The molecule has 0 atom stereocenters. The summed E-state index contributed by atoms with van der Waals surface area (Å²) in [5.41, 5.74) is 0.552. The van der Waals surface area contributed by atoms with Crippen molar-refractivity contribution in [2.45, 2.75) is 12.8 Å². The van der Waals surface area contributed by atoms with Crippen molar-refractivity contribution in [3.05, 3.63) is 34.9 Å². The van der Waals surface area contributed by atoms with Gasteiger partial charge >= 0.3 is 0 Å². The topological polar surface area (TPSA) is 49.4 Å². The molecule has 96 valence electrons. The smallest absolute Gasteiger partial charge is 0.251 e. The molecule has 0 unspecified atom stereocenters. The predicted molar refractivity (Wildman–Crippen MR) is 69.6 cm³/mol. The lowest BCUT2D eigenvalue weighted by molar-refractivity contribution is -0.134. The summed E-state index contributed by atoms with van der Waals surface area (Å²) in [6.45, 7) is 2.07. The molecule has 0 spiro atoms. The number of halogens is 1. The number of likely N-dealkylation sites (tertiary alicyclic amines) is 1. The average molecular weight is 267 g/mol. The highest BCUT2D eigenvalue weighted by molar-refractivity contribution is 6.30. The Morgan fingerprint density at radius 2 is 1.89 bits per heavy atom. The number of carbonyl (C=O) groups is 2. The number of nitrogens with one attached hydrogen (secondary N) is 1. The Morgan fingerprint density at radius 3 is 2.44 bits per heavy atom. The van der Waals surface area contributed by atoms with E-state index in [4.69, 9.17) is 11.6 Å². The summed E-state index contributed by atoms with van der Waals surface area (Å²) in [6.07, 6.45) is 1.45. The van der Waals surface area contributed by atoms with Gasteiger partial charge in [0.05, 0.1) is 0 Å². The number of rotatable bonds is 4. The SMILES string of the molecule is O=C(NCCC(=O)N1CCC1)c1ccc(Cl)cc1. The van der Waals surface area contributed by atoms with Crippen LogP contribution in [0.15, 0.2) is 24.3 Å². The monoisotopic (exact) mass is 266 g/mol. The normalized spacial score (nSPS) is 13.9. The van der Waals surface area contributed by atoms with Gasteiger partial charge < -0.3 is 10.2 Å². The molecule has 2 amide bonds. The van der Waals surface area contributed by atoms with E-state index < -0.39 is 0 Å². The zero-order valence-corrected chi connectivity index (χ0v) is 10.7. The number of benzene rings is 1. The van der Waals surface area contributed by atoms with Crippen LogP contribution in [-0.4, -0.2) is 36.3 Å². The molecule has 4 nitrogen and oxygen atoms in total. The first-order valence-corrected chi connectivity index (χ1v) is 6.36. The highest BCUT2D eigenvalue weighted by atomic mass is 35.5. The van der Waals surface area contributed by atoms with Gasteiger partial charge in [0.15, 0.2) is 0 Å². The number of nitrogens with zero attached hydrogens (tertiary/aromatic N) is 1. The van der Waals surface area contributed by atoms with Gasteiger partial charge in [-0.2, -0.15) is 0 Å². The molecule has 0 aromatic heterocycles. The van der Waals surface area contributed by atoms with E-state index in [0.29, 0.717) is 23.6 Å². The fraction of sp³-hybridized carbons (Fsp3) is 0.385. The van der Waals surface area contributed by atoms with Crippen LogP contribution in [0.3, 0.4) is 0 Å². The van der Waals surface area contributed by atoms with Crippen LogP contribution in [0, 0.1) is 0 Å². The van der Waals surface area contributed by atoms with Gasteiger partial charge in [0.2, 0.25) is 5.91 Å². The van der Waals surface area contributed by atoms with E-state index in [2.05, 4.69) is 5.32 Å². The molecule has 0 radical (unpaired) electrons. The second-order valence-electron chi connectivity index (χ2n) is 4.25. The number of hydrogen-bond donors (Lipinski definition) is 1. The third kappa shape index (κ3) is 3.23. The minimum absolute atomic E-state index is 0.109.